The van der Waals surface area contributed by atoms with Crippen LogP contribution in [0.2, 0.25) is 0 Å². The molecule has 0 aliphatic carbocycles. The second kappa shape index (κ2) is 4.52. The van der Waals surface area contributed by atoms with E-state index in [0.29, 0.717) is 29.4 Å². The minimum atomic E-state index is -0.118. The molecule has 0 N–H and O–H groups in total. The fourth-order valence-electron chi connectivity index (χ4n) is 1.57. The molecule has 0 saturated heterocycles. The highest BCUT2D eigenvalue weighted by Crippen LogP contribution is 2.17. The molecule has 0 spiro atoms. The zero-order valence-electron chi connectivity index (χ0n) is 8.70. The Bertz CT molecular complexity index is 455. The molecule has 0 aromatic heterocycles. The maximum Gasteiger partial charge on any atom is 0.160 e. The van der Waals surface area contributed by atoms with Crippen molar-refractivity contribution >= 4 is 12.1 Å². The number of nitrogens with zero attached hydrogens (tertiary/aromatic N) is 1. The third-order valence-corrected chi connectivity index (χ3v) is 2.27. The molecule has 1 aromatic carbocycles. The van der Waals surface area contributed by atoms with Gasteiger partial charge in [-0.3, -0.25) is 9.59 Å². The lowest BCUT2D eigenvalue weighted by Crippen LogP contribution is -2.04. The molecule has 3 nitrogen and oxygen atoms in total. The molecule has 76 valence electrons. The van der Waals surface area contributed by atoms with Gasteiger partial charge < -0.3 is 0 Å². The normalized spacial score (nSPS) is 9.40. The van der Waals surface area contributed by atoms with Crippen LogP contribution in [0.25, 0.3) is 0 Å². The minimum Gasteiger partial charge on any atom is -0.298 e. The molecule has 0 aliphatic rings. The smallest absolute Gasteiger partial charge is 0.160 e. The van der Waals surface area contributed by atoms with E-state index < -0.39 is 0 Å². The average Bonchev–Trinajstić information content (AvgIpc) is 2.26. The van der Waals surface area contributed by atoms with Crippen LogP contribution in [0.1, 0.15) is 45.7 Å². The Kier molecular flexibility index (Phi) is 3.35. The number of benzene rings is 1. The fraction of sp³-hybridized carbons (Fsp3) is 0.250. The van der Waals surface area contributed by atoms with Gasteiger partial charge in [-0.25, -0.2) is 0 Å². The highest BCUT2D eigenvalue weighted by atomic mass is 16.1. The molecule has 0 atom stereocenters. The number of carbonyl (C=O) groups is 2. The van der Waals surface area contributed by atoms with Crippen molar-refractivity contribution in [2.24, 2.45) is 0 Å². The summed E-state index contributed by atoms with van der Waals surface area (Å²) in [7, 11) is 0. The van der Waals surface area contributed by atoms with Gasteiger partial charge in [0, 0.05) is 11.1 Å². The predicted octanol–water partition coefficient (Wildman–Crippen LogP) is 2.14. The Morgan fingerprint density at radius 3 is 2.60 bits per heavy atom. The molecule has 15 heavy (non-hydrogen) atoms. The zero-order chi connectivity index (χ0) is 11.4. The summed E-state index contributed by atoms with van der Waals surface area (Å²) in [6.07, 6.45) is 1.29. The number of nitriles is 1. The van der Waals surface area contributed by atoms with E-state index in [-0.39, 0.29) is 5.78 Å². The molecule has 0 bridgehead atoms. The van der Waals surface area contributed by atoms with Gasteiger partial charge in [0.2, 0.25) is 0 Å². The number of rotatable bonds is 3. The quantitative estimate of drug-likeness (QED) is 0.556. The SMILES string of the molecule is CCc1c(C=O)cc(C#N)cc1C(C)=O. The summed E-state index contributed by atoms with van der Waals surface area (Å²) in [6.45, 7) is 3.31. The maximum absolute atomic E-state index is 11.3. The van der Waals surface area contributed by atoms with Gasteiger partial charge in [-0.1, -0.05) is 6.92 Å². The van der Waals surface area contributed by atoms with E-state index >= 15 is 0 Å². The van der Waals surface area contributed by atoms with Crippen LogP contribution in [0.15, 0.2) is 12.1 Å². The number of Topliss-reactive ketones (excluding diaryl/α,β-unsaturated/α-hetero) is 1. The van der Waals surface area contributed by atoms with Gasteiger partial charge >= 0.3 is 0 Å². The molecule has 0 heterocycles. The average molecular weight is 201 g/mol. The van der Waals surface area contributed by atoms with Gasteiger partial charge in [0.1, 0.15) is 6.29 Å². The standard InChI is InChI=1S/C12H11NO2/c1-3-11-10(7-14)4-9(6-13)5-12(11)8(2)15/h4-5,7H,3H2,1-2H3. The first-order valence-electron chi connectivity index (χ1n) is 4.67. The minimum absolute atomic E-state index is 0.118. The van der Waals surface area contributed by atoms with E-state index in [2.05, 4.69) is 0 Å². The highest BCUT2D eigenvalue weighted by Gasteiger charge is 2.12. The van der Waals surface area contributed by atoms with Crippen LogP contribution in [0, 0.1) is 11.3 Å². The summed E-state index contributed by atoms with van der Waals surface area (Å²) < 4.78 is 0. The van der Waals surface area contributed by atoms with Crippen molar-refractivity contribution < 1.29 is 9.59 Å². The molecule has 0 unspecified atom stereocenters. The Labute approximate surface area is 88.3 Å². The van der Waals surface area contributed by atoms with Crippen LogP contribution in [0.3, 0.4) is 0 Å². The predicted molar refractivity (Wildman–Crippen MR) is 55.9 cm³/mol. The van der Waals surface area contributed by atoms with Crippen LogP contribution in [-0.4, -0.2) is 12.1 Å². The van der Waals surface area contributed by atoms with Crippen molar-refractivity contribution in [2.45, 2.75) is 20.3 Å². The molecule has 0 aliphatic heterocycles. The second-order valence-electron chi connectivity index (χ2n) is 3.23. The van der Waals surface area contributed by atoms with Crippen molar-refractivity contribution in [3.63, 3.8) is 0 Å². The van der Waals surface area contributed by atoms with Crippen molar-refractivity contribution in [3.8, 4) is 6.07 Å². The number of aldehydes is 1. The van der Waals surface area contributed by atoms with E-state index in [1.54, 1.807) is 0 Å². The van der Waals surface area contributed by atoms with E-state index in [1.165, 1.54) is 19.1 Å². The third kappa shape index (κ3) is 2.10. The largest absolute Gasteiger partial charge is 0.298 e. The highest BCUT2D eigenvalue weighted by molar-refractivity contribution is 5.98. The molecule has 1 aromatic rings. The van der Waals surface area contributed by atoms with Gasteiger partial charge in [0.05, 0.1) is 11.6 Å². The molecular weight excluding hydrogens is 190 g/mol. The Hall–Kier alpha value is -1.95. The van der Waals surface area contributed by atoms with Crippen molar-refractivity contribution in [2.75, 3.05) is 0 Å². The van der Waals surface area contributed by atoms with Crippen LogP contribution in [-0.2, 0) is 6.42 Å². The topological polar surface area (TPSA) is 57.9 Å². The van der Waals surface area contributed by atoms with E-state index in [1.807, 2.05) is 13.0 Å². The fourth-order valence-corrected chi connectivity index (χ4v) is 1.57. The molecule has 3 heteroatoms. The summed E-state index contributed by atoms with van der Waals surface area (Å²) >= 11 is 0. The summed E-state index contributed by atoms with van der Waals surface area (Å²) in [5, 5.41) is 8.75. The van der Waals surface area contributed by atoms with Crippen LogP contribution < -0.4 is 0 Å². The second-order valence-corrected chi connectivity index (χ2v) is 3.23. The Balaban J connectivity index is 3.54. The van der Waals surface area contributed by atoms with Crippen molar-refractivity contribution in [1.82, 2.24) is 0 Å². The first-order chi connectivity index (χ1) is 7.13. The van der Waals surface area contributed by atoms with E-state index in [9.17, 15) is 9.59 Å². The summed E-state index contributed by atoms with van der Waals surface area (Å²) in [6, 6.07) is 4.99. The molecular formula is C12H11NO2. The van der Waals surface area contributed by atoms with Gasteiger partial charge in [-0.05, 0) is 31.0 Å². The van der Waals surface area contributed by atoms with Gasteiger partial charge in [0.25, 0.3) is 0 Å². The van der Waals surface area contributed by atoms with Crippen LogP contribution >= 0.6 is 0 Å². The lowest BCUT2D eigenvalue weighted by atomic mass is 9.94. The van der Waals surface area contributed by atoms with E-state index in [0.717, 1.165) is 5.56 Å². The molecule has 0 amide bonds. The Morgan fingerprint density at radius 2 is 2.20 bits per heavy atom. The van der Waals surface area contributed by atoms with Crippen molar-refractivity contribution in [1.29, 1.82) is 5.26 Å². The van der Waals surface area contributed by atoms with Gasteiger partial charge in [-0.2, -0.15) is 5.26 Å². The van der Waals surface area contributed by atoms with E-state index in [4.69, 9.17) is 5.26 Å². The summed E-state index contributed by atoms with van der Waals surface area (Å²) in [5.74, 6) is -0.118. The van der Waals surface area contributed by atoms with Gasteiger partial charge in [-0.15, -0.1) is 0 Å². The first kappa shape index (κ1) is 11.1. The number of carbonyl (C=O) groups excluding carboxylic acids is 2. The zero-order valence-corrected chi connectivity index (χ0v) is 8.70. The number of hydrogen-bond donors (Lipinski definition) is 0. The lowest BCUT2D eigenvalue weighted by Gasteiger charge is -2.07. The maximum atomic E-state index is 11.3. The number of hydrogen-bond acceptors (Lipinski definition) is 3. The molecule has 0 saturated carbocycles. The van der Waals surface area contributed by atoms with Crippen LogP contribution in [0.5, 0.6) is 0 Å². The van der Waals surface area contributed by atoms with Crippen LogP contribution in [0.4, 0.5) is 0 Å². The monoisotopic (exact) mass is 201 g/mol. The number of ketones is 1. The first-order valence-corrected chi connectivity index (χ1v) is 4.67. The molecule has 1 rings (SSSR count). The van der Waals surface area contributed by atoms with Crippen molar-refractivity contribution in [3.05, 3.63) is 34.4 Å². The summed E-state index contributed by atoms with van der Waals surface area (Å²) in [5.41, 5.74) is 1.97. The molecule has 0 fully saturated rings. The lowest BCUT2D eigenvalue weighted by molar-refractivity contribution is 0.101. The third-order valence-electron chi connectivity index (χ3n) is 2.27. The Morgan fingerprint density at radius 1 is 1.53 bits per heavy atom. The molecule has 0 radical (unpaired) electrons. The summed E-state index contributed by atoms with van der Waals surface area (Å²) in [4.78, 5) is 22.1. The van der Waals surface area contributed by atoms with Gasteiger partial charge in [0.15, 0.2) is 5.78 Å².